The van der Waals surface area contributed by atoms with E-state index in [0.717, 1.165) is 30.7 Å². The number of aromatic nitrogens is 2. The molecule has 3 rings (SSSR count). The molecular weight excluding hydrogens is 379 g/mol. The molecular formula is C18H18F3N3O2S. The van der Waals surface area contributed by atoms with Crippen molar-refractivity contribution in [3.05, 3.63) is 51.9 Å². The predicted octanol–water partition coefficient (Wildman–Crippen LogP) is 3.89. The number of thioether (sulfide) groups is 1. The highest BCUT2D eigenvalue weighted by molar-refractivity contribution is 7.99. The second-order valence-corrected chi connectivity index (χ2v) is 7.27. The highest BCUT2D eigenvalue weighted by Crippen LogP contribution is 2.33. The molecule has 5 nitrogen and oxygen atoms in total. The van der Waals surface area contributed by atoms with Gasteiger partial charge in [0.2, 0.25) is 5.91 Å². The van der Waals surface area contributed by atoms with Gasteiger partial charge in [-0.15, -0.1) is 0 Å². The fraction of sp³-hybridized carbons (Fsp3) is 0.389. The van der Waals surface area contributed by atoms with Crippen LogP contribution in [0.5, 0.6) is 0 Å². The zero-order valence-corrected chi connectivity index (χ0v) is 15.4. The number of carbonyl (C=O) groups is 1. The zero-order chi connectivity index (χ0) is 19.6. The van der Waals surface area contributed by atoms with E-state index in [2.05, 4.69) is 10.3 Å². The molecule has 0 fully saturated rings. The lowest BCUT2D eigenvalue weighted by molar-refractivity contribution is -0.137. The number of carbonyl (C=O) groups excluding carboxylic acids is 1. The summed E-state index contributed by atoms with van der Waals surface area (Å²) in [4.78, 5) is 29.1. The first-order chi connectivity index (χ1) is 12.8. The number of hydrogen-bond donors (Lipinski definition) is 1. The smallest absolute Gasteiger partial charge is 0.326 e. The van der Waals surface area contributed by atoms with Crippen LogP contribution in [-0.2, 0) is 17.4 Å². The molecule has 1 atom stereocenters. The molecule has 1 aromatic heterocycles. The number of anilines is 1. The summed E-state index contributed by atoms with van der Waals surface area (Å²) in [6.07, 6.45) is -2.75. The van der Waals surface area contributed by atoms with Crippen molar-refractivity contribution < 1.29 is 18.0 Å². The molecule has 1 aliphatic rings. The lowest BCUT2D eigenvalue weighted by atomic mass is 10.2. The van der Waals surface area contributed by atoms with Gasteiger partial charge in [-0.05, 0) is 30.7 Å². The zero-order valence-electron chi connectivity index (χ0n) is 14.5. The number of amides is 1. The molecule has 27 heavy (non-hydrogen) atoms. The molecule has 1 aromatic carbocycles. The molecule has 0 radical (unpaired) electrons. The van der Waals surface area contributed by atoms with Crippen LogP contribution in [0.3, 0.4) is 0 Å². The molecule has 9 heteroatoms. The van der Waals surface area contributed by atoms with Crippen LogP contribution in [0.25, 0.3) is 0 Å². The molecule has 0 aliphatic carbocycles. The van der Waals surface area contributed by atoms with Crippen molar-refractivity contribution >= 4 is 23.4 Å². The van der Waals surface area contributed by atoms with E-state index < -0.39 is 11.7 Å². The fourth-order valence-corrected chi connectivity index (χ4v) is 4.07. The molecule has 0 saturated carbocycles. The average molecular weight is 397 g/mol. The molecule has 2 aromatic rings. The Bertz CT molecular complexity index is 894. The van der Waals surface area contributed by atoms with Crippen molar-refractivity contribution in [2.75, 3.05) is 11.1 Å². The normalized spacial score (nSPS) is 16.2. The summed E-state index contributed by atoms with van der Waals surface area (Å²) >= 11 is 1.43. The van der Waals surface area contributed by atoms with E-state index in [9.17, 15) is 22.8 Å². The van der Waals surface area contributed by atoms with Gasteiger partial charge in [-0.2, -0.15) is 13.2 Å². The van der Waals surface area contributed by atoms with Crippen molar-refractivity contribution in [3.63, 3.8) is 0 Å². The number of benzene rings is 1. The van der Waals surface area contributed by atoms with E-state index in [0.29, 0.717) is 10.9 Å². The Hall–Kier alpha value is -2.29. The molecule has 1 amide bonds. The van der Waals surface area contributed by atoms with Gasteiger partial charge in [0.15, 0.2) is 5.16 Å². The van der Waals surface area contributed by atoms with Crippen molar-refractivity contribution in [1.29, 1.82) is 0 Å². The summed E-state index contributed by atoms with van der Waals surface area (Å²) in [6.45, 7) is 2.01. The number of rotatable bonds is 5. The van der Waals surface area contributed by atoms with Gasteiger partial charge in [-0.25, -0.2) is 4.98 Å². The van der Waals surface area contributed by atoms with E-state index >= 15 is 0 Å². The number of halogens is 3. The third-order valence-electron chi connectivity index (χ3n) is 4.17. The van der Waals surface area contributed by atoms with Crippen molar-refractivity contribution in [3.8, 4) is 0 Å². The second kappa shape index (κ2) is 7.75. The Balaban J connectivity index is 1.67. The van der Waals surface area contributed by atoms with Crippen LogP contribution in [0.1, 0.15) is 37.1 Å². The Morgan fingerprint density at radius 3 is 2.67 bits per heavy atom. The summed E-state index contributed by atoms with van der Waals surface area (Å²) in [6, 6.07) is 5.43. The predicted molar refractivity (Wildman–Crippen MR) is 96.9 cm³/mol. The third-order valence-corrected chi connectivity index (χ3v) is 5.26. The fourth-order valence-electron chi connectivity index (χ4n) is 2.90. The minimum Gasteiger partial charge on any atom is -0.326 e. The highest BCUT2D eigenvalue weighted by atomic mass is 32.2. The quantitative estimate of drug-likeness (QED) is 0.778. The van der Waals surface area contributed by atoms with Crippen LogP contribution in [0.15, 0.2) is 40.3 Å². The van der Waals surface area contributed by atoms with Crippen LogP contribution in [0, 0.1) is 0 Å². The summed E-state index contributed by atoms with van der Waals surface area (Å²) in [5.74, 6) is 0.191. The maximum atomic E-state index is 12.6. The van der Waals surface area contributed by atoms with Gasteiger partial charge in [0.1, 0.15) is 0 Å². The Morgan fingerprint density at radius 1 is 1.33 bits per heavy atom. The molecule has 0 saturated heterocycles. The van der Waals surface area contributed by atoms with Crippen LogP contribution >= 0.6 is 11.8 Å². The monoisotopic (exact) mass is 397 g/mol. The second-order valence-electron chi connectivity index (χ2n) is 6.28. The van der Waals surface area contributed by atoms with Gasteiger partial charge in [-0.3, -0.25) is 14.2 Å². The van der Waals surface area contributed by atoms with Crippen molar-refractivity contribution in [1.82, 2.24) is 9.55 Å². The first-order valence-electron chi connectivity index (χ1n) is 8.50. The molecule has 0 spiro atoms. The number of alkyl halides is 3. The lowest BCUT2D eigenvalue weighted by Gasteiger charge is -2.14. The van der Waals surface area contributed by atoms with E-state index in [1.54, 1.807) is 0 Å². The largest absolute Gasteiger partial charge is 0.416 e. The topological polar surface area (TPSA) is 64.0 Å². The number of hydrogen-bond acceptors (Lipinski definition) is 4. The number of fused-ring (bicyclic) bond motifs is 1. The first kappa shape index (κ1) is 19.5. The summed E-state index contributed by atoms with van der Waals surface area (Å²) < 4.78 is 39.3. The Morgan fingerprint density at radius 2 is 2.04 bits per heavy atom. The molecule has 0 bridgehead atoms. The Kier molecular flexibility index (Phi) is 5.59. The number of nitrogens with zero attached hydrogens (tertiary/aromatic N) is 2. The number of aryl methyl sites for hydroxylation is 1. The minimum absolute atomic E-state index is 0.0513. The Labute approximate surface area is 158 Å². The van der Waals surface area contributed by atoms with E-state index in [1.165, 1.54) is 34.5 Å². The van der Waals surface area contributed by atoms with Gasteiger partial charge in [0.25, 0.3) is 5.56 Å². The molecule has 144 valence electrons. The van der Waals surface area contributed by atoms with E-state index in [4.69, 9.17) is 0 Å². The van der Waals surface area contributed by atoms with Gasteiger partial charge < -0.3 is 5.32 Å². The van der Waals surface area contributed by atoms with Gasteiger partial charge >= 0.3 is 6.18 Å². The summed E-state index contributed by atoms with van der Waals surface area (Å²) in [5, 5.41) is 3.19. The molecule has 1 N–H and O–H groups in total. The van der Waals surface area contributed by atoms with Gasteiger partial charge in [0, 0.05) is 29.6 Å². The maximum Gasteiger partial charge on any atom is 0.416 e. The van der Waals surface area contributed by atoms with E-state index in [1.807, 2.05) is 6.92 Å². The third kappa shape index (κ3) is 4.52. The van der Waals surface area contributed by atoms with Crippen molar-refractivity contribution in [2.45, 2.75) is 43.6 Å². The van der Waals surface area contributed by atoms with Crippen LogP contribution in [0.4, 0.5) is 18.9 Å². The van der Waals surface area contributed by atoms with Crippen molar-refractivity contribution in [2.24, 2.45) is 0 Å². The van der Waals surface area contributed by atoms with Crippen LogP contribution in [0.2, 0.25) is 0 Å². The van der Waals surface area contributed by atoms with Gasteiger partial charge in [-0.1, -0.05) is 25.1 Å². The van der Waals surface area contributed by atoms with Crippen LogP contribution < -0.4 is 10.9 Å². The summed E-state index contributed by atoms with van der Waals surface area (Å²) in [5.41, 5.74) is 0.0710. The maximum absolute atomic E-state index is 12.6. The van der Waals surface area contributed by atoms with Crippen LogP contribution in [-0.4, -0.2) is 21.2 Å². The lowest BCUT2D eigenvalue weighted by Crippen LogP contribution is -2.27. The molecule has 2 heterocycles. The summed E-state index contributed by atoms with van der Waals surface area (Å²) in [7, 11) is 0. The van der Waals surface area contributed by atoms with Gasteiger partial charge in [0.05, 0.1) is 11.6 Å². The first-order valence-corrected chi connectivity index (χ1v) is 9.49. The highest BCUT2D eigenvalue weighted by Gasteiger charge is 2.30. The standard InChI is InChI=1S/C18H18F3N3O2S/c1-2-3-13-8-16(26)24-14(10-27-17(24)23-13)9-15(25)22-12-6-4-11(5-7-12)18(19,20)21/h4-8,14H,2-3,9-10H2,1H3,(H,22,25). The number of nitrogens with one attached hydrogen (secondary N) is 1. The average Bonchev–Trinajstić information content (AvgIpc) is 2.98. The molecule has 1 unspecified atom stereocenters. The minimum atomic E-state index is -4.42. The van der Waals surface area contributed by atoms with E-state index in [-0.39, 0.29) is 29.6 Å². The molecule has 1 aliphatic heterocycles. The SMILES string of the molecule is CCCc1cc(=O)n2c(n1)SCC2CC(=O)Nc1ccc(C(F)(F)F)cc1.